The third-order valence-electron chi connectivity index (χ3n) is 3.28. The molecular formula is C15H14BrN3. The Morgan fingerprint density at radius 3 is 2.68 bits per heavy atom. The van der Waals surface area contributed by atoms with E-state index in [1.54, 1.807) is 0 Å². The van der Waals surface area contributed by atoms with Gasteiger partial charge in [-0.2, -0.15) is 0 Å². The largest absolute Gasteiger partial charge is 0.399 e. The summed E-state index contributed by atoms with van der Waals surface area (Å²) in [5, 5.41) is 0. The van der Waals surface area contributed by atoms with Crippen molar-refractivity contribution >= 4 is 27.1 Å². The summed E-state index contributed by atoms with van der Waals surface area (Å²) < 4.78 is 3.17. The Kier molecular flexibility index (Phi) is 2.82. The molecule has 0 fully saturated rings. The first-order valence-electron chi connectivity index (χ1n) is 6.07. The molecule has 3 rings (SSSR count). The van der Waals surface area contributed by atoms with Gasteiger partial charge in [0, 0.05) is 21.9 Å². The first-order chi connectivity index (χ1) is 9.06. The summed E-state index contributed by atoms with van der Waals surface area (Å²) in [6, 6.07) is 10.1. The molecule has 2 N–H and O–H groups in total. The van der Waals surface area contributed by atoms with Gasteiger partial charge in [0.1, 0.15) is 5.82 Å². The smallest absolute Gasteiger partial charge is 0.110 e. The minimum absolute atomic E-state index is 0.752. The number of aromatic nitrogens is 2. The Hall–Kier alpha value is -1.81. The van der Waals surface area contributed by atoms with Crippen molar-refractivity contribution in [1.29, 1.82) is 0 Å². The first-order valence-corrected chi connectivity index (χ1v) is 6.86. The molecule has 96 valence electrons. The molecule has 0 bridgehead atoms. The van der Waals surface area contributed by atoms with Crippen LogP contribution in [0.5, 0.6) is 0 Å². The Bertz CT molecular complexity index is 774. The maximum Gasteiger partial charge on any atom is 0.110 e. The maximum atomic E-state index is 5.89. The number of rotatable bonds is 1. The Morgan fingerprint density at radius 2 is 1.95 bits per heavy atom. The minimum atomic E-state index is 0.752. The number of nitrogens with two attached hydrogens (primary N) is 1. The minimum Gasteiger partial charge on any atom is -0.399 e. The number of nitrogens with zero attached hydrogens (tertiary/aromatic N) is 2. The van der Waals surface area contributed by atoms with E-state index in [1.165, 1.54) is 5.56 Å². The van der Waals surface area contributed by atoms with Gasteiger partial charge in [-0.15, -0.1) is 0 Å². The molecule has 0 unspecified atom stereocenters. The highest BCUT2D eigenvalue weighted by molar-refractivity contribution is 9.10. The van der Waals surface area contributed by atoms with Crippen LogP contribution in [0.15, 0.2) is 41.0 Å². The summed E-state index contributed by atoms with van der Waals surface area (Å²) in [5.41, 5.74) is 11.0. The lowest BCUT2D eigenvalue weighted by Crippen LogP contribution is -1.90. The van der Waals surface area contributed by atoms with Crippen LogP contribution in [0.1, 0.15) is 11.4 Å². The van der Waals surface area contributed by atoms with Crippen LogP contribution in [-0.2, 0) is 0 Å². The van der Waals surface area contributed by atoms with Crippen LogP contribution in [0.3, 0.4) is 0 Å². The van der Waals surface area contributed by atoms with E-state index >= 15 is 0 Å². The van der Waals surface area contributed by atoms with Crippen LogP contribution in [0.2, 0.25) is 0 Å². The van der Waals surface area contributed by atoms with E-state index in [2.05, 4.69) is 50.4 Å². The van der Waals surface area contributed by atoms with Crippen molar-refractivity contribution in [1.82, 2.24) is 9.38 Å². The molecule has 0 spiro atoms. The summed E-state index contributed by atoms with van der Waals surface area (Å²) in [6.45, 7) is 4.07. The fourth-order valence-electron chi connectivity index (χ4n) is 2.26. The second-order valence-electron chi connectivity index (χ2n) is 4.69. The highest BCUT2D eigenvalue weighted by Crippen LogP contribution is 2.29. The SMILES string of the molecule is Cc1cc(-c2nc(C)n3ccc(N)cc23)ccc1Br. The third-order valence-corrected chi connectivity index (χ3v) is 4.16. The van der Waals surface area contributed by atoms with Crippen LogP contribution >= 0.6 is 15.9 Å². The zero-order valence-corrected chi connectivity index (χ0v) is 12.4. The molecule has 3 nitrogen and oxygen atoms in total. The summed E-state index contributed by atoms with van der Waals surface area (Å²) in [5.74, 6) is 0.963. The second-order valence-corrected chi connectivity index (χ2v) is 5.54. The first kappa shape index (κ1) is 12.2. The Balaban J connectivity index is 2.29. The van der Waals surface area contributed by atoms with Crippen molar-refractivity contribution in [3.8, 4) is 11.3 Å². The monoisotopic (exact) mass is 315 g/mol. The molecule has 1 aromatic carbocycles. The standard InChI is InChI=1S/C15H14BrN3/c1-9-7-11(3-4-13(9)16)15-14-8-12(17)5-6-19(14)10(2)18-15/h3-8H,17H2,1-2H3. The summed E-state index contributed by atoms with van der Waals surface area (Å²) in [4.78, 5) is 4.66. The van der Waals surface area contributed by atoms with E-state index in [0.717, 1.165) is 32.8 Å². The number of imidazole rings is 1. The van der Waals surface area contributed by atoms with Gasteiger partial charge in [-0.25, -0.2) is 4.98 Å². The molecule has 2 heterocycles. The second kappa shape index (κ2) is 4.38. The van der Waals surface area contributed by atoms with Crippen molar-refractivity contribution in [3.63, 3.8) is 0 Å². The number of anilines is 1. The van der Waals surface area contributed by atoms with Crippen molar-refractivity contribution in [2.24, 2.45) is 0 Å². The topological polar surface area (TPSA) is 43.3 Å². The lowest BCUT2D eigenvalue weighted by Gasteiger charge is -2.03. The predicted octanol–water partition coefficient (Wildman–Crippen LogP) is 3.96. The third kappa shape index (κ3) is 2.02. The van der Waals surface area contributed by atoms with E-state index in [9.17, 15) is 0 Å². The molecule has 0 atom stereocenters. The maximum absolute atomic E-state index is 5.89. The summed E-state index contributed by atoms with van der Waals surface area (Å²) >= 11 is 3.52. The molecule has 0 amide bonds. The van der Waals surface area contributed by atoms with Gasteiger partial charge in [0.25, 0.3) is 0 Å². The molecule has 2 aromatic heterocycles. The number of hydrogen-bond donors (Lipinski definition) is 1. The molecule has 19 heavy (non-hydrogen) atoms. The zero-order valence-electron chi connectivity index (χ0n) is 10.8. The van der Waals surface area contributed by atoms with Gasteiger partial charge >= 0.3 is 0 Å². The van der Waals surface area contributed by atoms with Gasteiger partial charge in [0.2, 0.25) is 0 Å². The van der Waals surface area contributed by atoms with Crippen molar-refractivity contribution in [2.75, 3.05) is 5.73 Å². The summed E-state index contributed by atoms with van der Waals surface area (Å²) in [7, 11) is 0. The number of halogens is 1. The van der Waals surface area contributed by atoms with E-state index in [0.29, 0.717) is 0 Å². The average molecular weight is 316 g/mol. The molecule has 0 saturated carbocycles. The van der Waals surface area contributed by atoms with Crippen molar-refractivity contribution in [2.45, 2.75) is 13.8 Å². The number of fused-ring (bicyclic) bond motifs is 1. The highest BCUT2D eigenvalue weighted by Gasteiger charge is 2.11. The Morgan fingerprint density at radius 1 is 1.16 bits per heavy atom. The molecule has 0 saturated heterocycles. The number of hydrogen-bond acceptors (Lipinski definition) is 2. The highest BCUT2D eigenvalue weighted by atomic mass is 79.9. The number of benzene rings is 1. The van der Waals surface area contributed by atoms with E-state index in [4.69, 9.17) is 5.73 Å². The van der Waals surface area contributed by atoms with Gasteiger partial charge in [0.05, 0.1) is 11.2 Å². The van der Waals surface area contributed by atoms with Crippen LogP contribution in [0, 0.1) is 13.8 Å². The fourth-order valence-corrected chi connectivity index (χ4v) is 2.51. The van der Waals surface area contributed by atoms with Crippen molar-refractivity contribution in [3.05, 3.63) is 52.4 Å². The summed E-state index contributed by atoms with van der Waals surface area (Å²) in [6.07, 6.45) is 1.96. The quantitative estimate of drug-likeness (QED) is 0.738. The molecular weight excluding hydrogens is 302 g/mol. The van der Waals surface area contributed by atoms with Gasteiger partial charge in [0.15, 0.2) is 0 Å². The molecule has 0 radical (unpaired) electrons. The van der Waals surface area contributed by atoms with Crippen LogP contribution in [0.4, 0.5) is 5.69 Å². The molecule has 0 aliphatic carbocycles. The number of pyridine rings is 1. The predicted molar refractivity (Wildman–Crippen MR) is 82.2 cm³/mol. The lowest BCUT2D eigenvalue weighted by atomic mass is 10.1. The van der Waals surface area contributed by atoms with E-state index in [-0.39, 0.29) is 0 Å². The molecule has 0 aliphatic rings. The van der Waals surface area contributed by atoms with Crippen molar-refractivity contribution < 1.29 is 0 Å². The zero-order chi connectivity index (χ0) is 13.6. The van der Waals surface area contributed by atoms with Gasteiger partial charge < -0.3 is 10.1 Å². The van der Waals surface area contributed by atoms with E-state index in [1.807, 2.05) is 25.3 Å². The van der Waals surface area contributed by atoms with Crippen LogP contribution < -0.4 is 5.73 Å². The fraction of sp³-hybridized carbons (Fsp3) is 0.133. The van der Waals surface area contributed by atoms with Gasteiger partial charge in [-0.1, -0.05) is 22.0 Å². The molecule has 3 aromatic rings. The van der Waals surface area contributed by atoms with Crippen LogP contribution in [-0.4, -0.2) is 9.38 Å². The molecule has 4 heteroatoms. The number of nitrogen functional groups attached to an aromatic ring is 1. The Labute approximate surface area is 120 Å². The van der Waals surface area contributed by atoms with Gasteiger partial charge in [-0.3, -0.25) is 0 Å². The van der Waals surface area contributed by atoms with Gasteiger partial charge in [-0.05, 0) is 43.7 Å². The average Bonchev–Trinajstić information content (AvgIpc) is 2.70. The number of aryl methyl sites for hydroxylation is 2. The van der Waals surface area contributed by atoms with E-state index < -0.39 is 0 Å². The lowest BCUT2D eigenvalue weighted by molar-refractivity contribution is 1.05. The molecule has 0 aliphatic heterocycles. The normalized spacial score (nSPS) is 11.1. The van der Waals surface area contributed by atoms with Crippen LogP contribution in [0.25, 0.3) is 16.8 Å².